The van der Waals surface area contributed by atoms with Crippen molar-refractivity contribution < 1.29 is 22.7 Å². The number of benzene rings is 2. The fraction of sp³-hybridized carbons (Fsp3) is 0.381. The van der Waals surface area contributed by atoms with Gasteiger partial charge in [-0.3, -0.25) is 4.79 Å². The van der Waals surface area contributed by atoms with Crippen molar-refractivity contribution in [2.75, 3.05) is 31.6 Å². The van der Waals surface area contributed by atoms with Crippen LogP contribution in [0.25, 0.3) is 0 Å². The van der Waals surface area contributed by atoms with E-state index in [1.54, 1.807) is 25.1 Å². The fourth-order valence-corrected chi connectivity index (χ4v) is 5.47. The maximum atomic E-state index is 13.0. The van der Waals surface area contributed by atoms with Gasteiger partial charge in [0.25, 0.3) is 5.91 Å². The van der Waals surface area contributed by atoms with E-state index in [0.717, 1.165) is 22.9 Å². The second kappa shape index (κ2) is 9.80. The Morgan fingerprint density at radius 3 is 2.47 bits per heavy atom. The molecule has 1 amide bonds. The van der Waals surface area contributed by atoms with E-state index in [1.165, 1.54) is 10.4 Å². The minimum Gasteiger partial charge on any atom is -0.492 e. The van der Waals surface area contributed by atoms with Gasteiger partial charge in [-0.15, -0.1) is 0 Å². The van der Waals surface area contributed by atoms with Crippen LogP contribution in [0.5, 0.6) is 11.5 Å². The number of nitrogens with one attached hydrogen (secondary N) is 1. The Morgan fingerprint density at radius 2 is 1.80 bits per heavy atom. The molecule has 0 atom stereocenters. The number of rotatable bonds is 8. The van der Waals surface area contributed by atoms with Gasteiger partial charge in [0, 0.05) is 18.8 Å². The lowest BCUT2D eigenvalue weighted by Crippen LogP contribution is -2.28. The zero-order valence-corrected chi connectivity index (χ0v) is 19.4. The first kappa shape index (κ1) is 22.6. The number of hydrogen-bond donors (Lipinski definition) is 1. The van der Waals surface area contributed by atoms with Crippen LogP contribution < -0.4 is 14.8 Å². The van der Waals surface area contributed by atoms with Crippen LogP contribution in [0.3, 0.4) is 0 Å². The van der Waals surface area contributed by atoms with E-state index >= 15 is 0 Å². The number of anilines is 1. The van der Waals surface area contributed by atoms with Gasteiger partial charge in [0.2, 0.25) is 10.0 Å². The minimum atomic E-state index is -3.70. The molecule has 0 unspecified atom stereocenters. The largest absolute Gasteiger partial charge is 0.492 e. The predicted octanol–water partition coefficient (Wildman–Crippen LogP) is 3.96. The Labute approximate surface area is 185 Å². The van der Waals surface area contributed by atoms with Gasteiger partial charge in [0.05, 0.1) is 11.1 Å². The summed E-state index contributed by atoms with van der Waals surface area (Å²) in [5.41, 5.74) is 1.44. The number of aryl methyl sites for hydroxylation is 1. The van der Waals surface area contributed by atoms with Gasteiger partial charge in [-0.1, -0.05) is 6.07 Å². The van der Waals surface area contributed by atoms with Crippen molar-refractivity contribution in [1.29, 1.82) is 0 Å². The van der Waals surface area contributed by atoms with E-state index in [1.807, 2.05) is 19.1 Å². The Balaban J connectivity index is 1.75. The third-order valence-electron chi connectivity index (χ3n) is 4.66. The van der Waals surface area contributed by atoms with Gasteiger partial charge in [0.15, 0.2) is 6.61 Å². The molecular formula is C21H25BrN2O5S. The maximum absolute atomic E-state index is 13.0. The number of amides is 1. The Kier molecular flexibility index (Phi) is 7.38. The van der Waals surface area contributed by atoms with E-state index in [-0.39, 0.29) is 17.3 Å². The Morgan fingerprint density at radius 1 is 1.10 bits per heavy atom. The average Bonchev–Trinajstić information content (AvgIpc) is 3.24. The highest BCUT2D eigenvalue weighted by Gasteiger charge is 2.30. The molecular weight excluding hydrogens is 472 g/mol. The van der Waals surface area contributed by atoms with Crippen molar-refractivity contribution in [3.63, 3.8) is 0 Å². The third kappa shape index (κ3) is 5.33. The summed E-state index contributed by atoms with van der Waals surface area (Å²) >= 11 is 3.41. The lowest BCUT2D eigenvalue weighted by atomic mass is 10.2. The van der Waals surface area contributed by atoms with Crippen LogP contribution in [0, 0.1) is 6.92 Å². The molecule has 1 fully saturated rings. The van der Waals surface area contributed by atoms with Crippen molar-refractivity contribution in [1.82, 2.24) is 4.31 Å². The standard InChI is InChI=1S/C21H25BrN2O5S/c1-3-28-19-9-7-16(13-20(19)30(26,27)24-10-4-5-11-24)23-21(25)14-29-18-8-6-15(2)12-17(18)22/h6-9,12-13H,3-5,10-11,14H2,1-2H3,(H,23,25). The molecule has 2 aromatic rings. The van der Waals surface area contributed by atoms with Crippen LogP contribution in [-0.4, -0.2) is 44.9 Å². The van der Waals surface area contributed by atoms with Crippen LogP contribution in [0.4, 0.5) is 5.69 Å². The topological polar surface area (TPSA) is 84.9 Å². The predicted molar refractivity (Wildman–Crippen MR) is 119 cm³/mol. The first-order valence-electron chi connectivity index (χ1n) is 9.77. The molecule has 1 aliphatic heterocycles. The van der Waals surface area contributed by atoms with E-state index in [2.05, 4.69) is 21.2 Å². The van der Waals surface area contributed by atoms with Gasteiger partial charge in [0.1, 0.15) is 16.4 Å². The molecule has 3 rings (SSSR count). The summed E-state index contributed by atoms with van der Waals surface area (Å²) in [4.78, 5) is 12.4. The van der Waals surface area contributed by atoms with E-state index in [0.29, 0.717) is 31.1 Å². The summed E-state index contributed by atoms with van der Waals surface area (Å²) in [6, 6.07) is 10.2. The van der Waals surface area contributed by atoms with Gasteiger partial charge < -0.3 is 14.8 Å². The summed E-state index contributed by atoms with van der Waals surface area (Å²) in [5.74, 6) is 0.443. The van der Waals surface area contributed by atoms with Crippen molar-refractivity contribution in [3.8, 4) is 11.5 Å². The summed E-state index contributed by atoms with van der Waals surface area (Å²) in [6.45, 7) is 4.87. The van der Waals surface area contributed by atoms with Crippen molar-refractivity contribution >= 4 is 37.5 Å². The quantitative estimate of drug-likeness (QED) is 0.597. The molecule has 1 N–H and O–H groups in total. The number of nitrogens with zero attached hydrogens (tertiary/aromatic N) is 1. The first-order chi connectivity index (χ1) is 14.3. The highest BCUT2D eigenvalue weighted by molar-refractivity contribution is 9.10. The molecule has 9 heteroatoms. The highest BCUT2D eigenvalue weighted by Crippen LogP contribution is 2.32. The lowest BCUT2D eigenvalue weighted by Gasteiger charge is -2.19. The average molecular weight is 497 g/mol. The monoisotopic (exact) mass is 496 g/mol. The fourth-order valence-electron chi connectivity index (χ4n) is 3.19. The molecule has 7 nitrogen and oxygen atoms in total. The Hall–Kier alpha value is -2.10. The molecule has 0 aliphatic carbocycles. The summed E-state index contributed by atoms with van der Waals surface area (Å²) in [6.07, 6.45) is 1.68. The van der Waals surface area contributed by atoms with Crippen molar-refractivity contribution in [2.45, 2.75) is 31.6 Å². The smallest absolute Gasteiger partial charge is 0.262 e. The minimum absolute atomic E-state index is 0.0613. The molecule has 1 saturated heterocycles. The molecule has 0 saturated carbocycles. The molecule has 0 aromatic heterocycles. The van der Waals surface area contributed by atoms with Crippen molar-refractivity contribution in [3.05, 3.63) is 46.4 Å². The molecule has 2 aromatic carbocycles. The van der Waals surface area contributed by atoms with Crippen LogP contribution in [0.15, 0.2) is 45.8 Å². The van der Waals surface area contributed by atoms with Gasteiger partial charge in [-0.25, -0.2) is 8.42 Å². The van der Waals surface area contributed by atoms with Crippen LogP contribution in [0.2, 0.25) is 0 Å². The summed E-state index contributed by atoms with van der Waals surface area (Å²) < 4.78 is 39.4. The highest BCUT2D eigenvalue weighted by atomic mass is 79.9. The number of carbonyl (C=O) groups is 1. The third-order valence-corrected chi connectivity index (χ3v) is 7.20. The number of hydrogen-bond acceptors (Lipinski definition) is 5. The van der Waals surface area contributed by atoms with Crippen molar-refractivity contribution in [2.24, 2.45) is 0 Å². The van der Waals surface area contributed by atoms with E-state index in [9.17, 15) is 13.2 Å². The lowest BCUT2D eigenvalue weighted by molar-refractivity contribution is -0.118. The first-order valence-corrected chi connectivity index (χ1v) is 12.0. The molecule has 1 heterocycles. The number of ether oxygens (including phenoxy) is 2. The van der Waals surface area contributed by atoms with Gasteiger partial charge in [-0.05, 0) is 78.5 Å². The normalized spacial score (nSPS) is 14.5. The molecule has 162 valence electrons. The van der Waals surface area contributed by atoms with Crippen LogP contribution in [0.1, 0.15) is 25.3 Å². The second-order valence-electron chi connectivity index (χ2n) is 6.98. The molecule has 0 spiro atoms. The zero-order valence-electron chi connectivity index (χ0n) is 17.0. The maximum Gasteiger partial charge on any atom is 0.262 e. The molecule has 0 bridgehead atoms. The van der Waals surface area contributed by atoms with Gasteiger partial charge >= 0.3 is 0 Å². The SMILES string of the molecule is CCOc1ccc(NC(=O)COc2ccc(C)cc2Br)cc1S(=O)(=O)N1CCCC1. The number of halogens is 1. The zero-order chi connectivity index (χ0) is 21.7. The van der Waals surface area contributed by atoms with Crippen LogP contribution in [-0.2, 0) is 14.8 Å². The summed E-state index contributed by atoms with van der Waals surface area (Å²) in [5, 5.41) is 2.70. The number of sulfonamides is 1. The Bertz CT molecular complexity index is 1020. The van der Waals surface area contributed by atoms with E-state index < -0.39 is 15.9 Å². The van der Waals surface area contributed by atoms with Gasteiger partial charge in [-0.2, -0.15) is 4.31 Å². The number of carbonyl (C=O) groups excluding carboxylic acids is 1. The van der Waals surface area contributed by atoms with Crippen LogP contribution >= 0.6 is 15.9 Å². The van der Waals surface area contributed by atoms with E-state index in [4.69, 9.17) is 9.47 Å². The molecule has 1 aliphatic rings. The second-order valence-corrected chi connectivity index (χ2v) is 9.74. The molecule has 30 heavy (non-hydrogen) atoms. The summed E-state index contributed by atoms with van der Waals surface area (Å²) in [7, 11) is -3.70. The molecule has 0 radical (unpaired) electrons.